The van der Waals surface area contributed by atoms with Gasteiger partial charge in [-0.2, -0.15) is 13.2 Å². The van der Waals surface area contributed by atoms with Crippen LogP contribution >= 0.6 is 0 Å². The van der Waals surface area contributed by atoms with Gasteiger partial charge >= 0.3 is 12.1 Å². The van der Waals surface area contributed by atoms with E-state index in [9.17, 15) is 23.1 Å². The van der Waals surface area contributed by atoms with Gasteiger partial charge in [0.2, 0.25) is 0 Å². The molecule has 140 valence electrons. The number of rotatable bonds is 7. The molecule has 10 heteroatoms. The van der Waals surface area contributed by atoms with E-state index in [-0.39, 0.29) is 24.6 Å². The lowest BCUT2D eigenvalue weighted by Crippen LogP contribution is -2.33. The summed E-state index contributed by atoms with van der Waals surface area (Å²) < 4.78 is 42.7. The minimum Gasteiger partial charge on any atom is -0.491 e. The molecule has 7 nitrogen and oxygen atoms in total. The van der Waals surface area contributed by atoms with Gasteiger partial charge in [0.1, 0.15) is 24.3 Å². The number of ether oxygens (including phenoxy) is 1. The lowest BCUT2D eigenvalue weighted by Gasteiger charge is -2.21. The third kappa shape index (κ3) is 5.31. The first-order valence-corrected chi connectivity index (χ1v) is 7.41. The predicted molar refractivity (Wildman–Crippen MR) is 85.2 cm³/mol. The van der Waals surface area contributed by atoms with E-state index in [4.69, 9.17) is 9.84 Å². The molecule has 26 heavy (non-hydrogen) atoms. The Labute approximate surface area is 146 Å². The Morgan fingerprint density at radius 1 is 1.23 bits per heavy atom. The van der Waals surface area contributed by atoms with E-state index in [1.165, 1.54) is 18.3 Å². The Morgan fingerprint density at radius 2 is 1.88 bits per heavy atom. The van der Waals surface area contributed by atoms with Crippen molar-refractivity contribution in [1.29, 1.82) is 0 Å². The van der Waals surface area contributed by atoms with Crippen molar-refractivity contribution in [3.8, 4) is 5.75 Å². The summed E-state index contributed by atoms with van der Waals surface area (Å²) in [6.45, 7) is -0.0436. The lowest BCUT2D eigenvalue weighted by atomic mass is 10.2. The highest BCUT2D eigenvalue weighted by atomic mass is 19.4. The summed E-state index contributed by atoms with van der Waals surface area (Å²) in [6.07, 6.45) is -3.02. The second-order valence-electron chi connectivity index (χ2n) is 5.43. The molecule has 0 fully saturated rings. The second kappa shape index (κ2) is 8.00. The number of aromatic nitrogens is 2. The SMILES string of the molecule is CN(CC(O)COc1ccc(C(F)(F)F)cc1)c1cnc(C(=O)O)cn1. The van der Waals surface area contributed by atoms with E-state index in [0.29, 0.717) is 5.82 Å². The Morgan fingerprint density at radius 3 is 2.38 bits per heavy atom. The minimum atomic E-state index is -4.42. The first-order chi connectivity index (χ1) is 12.2. The zero-order valence-electron chi connectivity index (χ0n) is 13.6. The van der Waals surface area contributed by atoms with Crippen LogP contribution in [-0.4, -0.2) is 52.5 Å². The Kier molecular flexibility index (Phi) is 5.98. The summed E-state index contributed by atoms with van der Waals surface area (Å²) in [7, 11) is 1.62. The summed E-state index contributed by atoms with van der Waals surface area (Å²) in [4.78, 5) is 19.9. The number of halogens is 3. The van der Waals surface area contributed by atoms with Crippen LogP contribution in [0.5, 0.6) is 5.75 Å². The molecular formula is C16H16F3N3O4. The van der Waals surface area contributed by atoms with Gasteiger partial charge in [-0.1, -0.05) is 0 Å². The van der Waals surface area contributed by atoms with Gasteiger partial charge in [-0.3, -0.25) is 0 Å². The van der Waals surface area contributed by atoms with E-state index in [0.717, 1.165) is 18.3 Å². The van der Waals surface area contributed by atoms with Crippen LogP contribution in [0.1, 0.15) is 16.1 Å². The van der Waals surface area contributed by atoms with Crippen LogP contribution in [0.15, 0.2) is 36.7 Å². The maximum atomic E-state index is 12.5. The second-order valence-corrected chi connectivity index (χ2v) is 5.43. The van der Waals surface area contributed by atoms with Crippen molar-refractivity contribution in [3.63, 3.8) is 0 Å². The zero-order valence-corrected chi connectivity index (χ0v) is 13.6. The van der Waals surface area contributed by atoms with Crippen molar-refractivity contribution in [1.82, 2.24) is 9.97 Å². The predicted octanol–water partition coefficient (Wildman–Crippen LogP) is 2.07. The van der Waals surface area contributed by atoms with Crippen molar-refractivity contribution in [2.75, 3.05) is 25.1 Å². The molecule has 0 aliphatic rings. The number of alkyl halides is 3. The number of nitrogens with zero attached hydrogens (tertiary/aromatic N) is 3. The number of likely N-dealkylation sites (N-methyl/N-ethyl adjacent to an activating group) is 1. The number of aromatic carboxylic acids is 1. The largest absolute Gasteiger partial charge is 0.491 e. The van der Waals surface area contributed by atoms with Crippen LogP contribution in [-0.2, 0) is 6.18 Å². The monoisotopic (exact) mass is 371 g/mol. The smallest absolute Gasteiger partial charge is 0.416 e. The molecule has 0 amide bonds. The number of anilines is 1. The van der Waals surface area contributed by atoms with Gasteiger partial charge in [-0.25, -0.2) is 14.8 Å². The zero-order chi connectivity index (χ0) is 19.3. The molecule has 2 aromatic rings. The molecule has 2 N–H and O–H groups in total. The summed E-state index contributed by atoms with van der Waals surface area (Å²) in [5, 5.41) is 18.7. The topological polar surface area (TPSA) is 95.8 Å². The molecule has 1 heterocycles. The fraction of sp³-hybridized carbons (Fsp3) is 0.312. The van der Waals surface area contributed by atoms with E-state index >= 15 is 0 Å². The van der Waals surface area contributed by atoms with Gasteiger partial charge in [0.15, 0.2) is 5.69 Å². The number of hydrogen-bond acceptors (Lipinski definition) is 6. The fourth-order valence-electron chi connectivity index (χ4n) is 2.02. The number of carboxylic acid groups (broad SMARTS) is 1. The van der Waals surface area contributed by atoms with Crippen LogP contribution in [0, 0.1) is 0 Å². The Hall–Kier alpha value is -2.88. The number of carboxylic acids is 1. The fourth-order valence-corrected chi connectivity index (χ4v) is 2.02. The molecule has 1 aromatic carbocycles. The van der Waals surface area contributed by atoms with Gasteiger partial charge in [0.05, 0.1) is 18.0 Å². The molecular weight excluding hydrogens is 355 g/mol. The van der Waals surface area contributed by atoms with Crippen LogP contribution < -0.4 is 9.64 Å². The molecule has 1 unspecified atom stereocenters. The molecule has 1 atom stereocenters. The van der Waals surface area contributed by atoms with Crippen LogP contribution in [0.3, 0.4) is 0 Å². The highest BCUT2D eigenvalue weighted by Gasteiger charge is 2.30. The molecule has 0 bridgehead atoms. The lowest BCUT2D eigenvalue weighted by molar-refractivity contribution is -0.137. The third-order valence-corrected chi connectivity index (χ3v) is 3.36. The highest BCUT2D eigenvalue weighted by Crippen LogP contribution is 2.30. The van der Waals surface area contributed by atoms with E-state index in [2.05, 4.69) is 9.97 Å². The first kappa shape index (κ1) is 19.4. The number of aliphatic hydroxyl groups is 1. The number of carbonyl (C=O) groups is 1. The van der Waals surface area contributed by atoms with Gasteiger partial charge < -0.3 is 19.8 Å². The molecule has 0 radical (unpaired) electrons. The summed E-state index contributed by atoms with van der Waals surface area (Å²) in [6, 6.07) is 4.14. The van der Waals surface area contributed by atoms with Crippen molar-refractivity contribution < 1.29 is 32.9 Å². The molecule has 0 aliphatic carbocycles. The van der Waals surface area contributed by atoms with Gasteiger partial charge in [-0.15, -0.1) is 0 Å². The van der Waals surface area contributed by atoms with Crippen molar-refractivity contribution in [2.24, 2.45) is 0 Å². The number of hydrogen-bond donors (Lipinski definition) is 2. The van der Waals surface area contributed by atoms with Crippen molar-refractivity contribution >= 4 is 11.8 Å². The molecule has 2 rings (SSSR count). The van der Waals surface area contributed by atoms with E-state index in [1.54, 1.807) is 11.9 Å². The Balaban J connectivity index is 1.86. The summed E-state index contributed by atoms with van der Waals surface area (Å²) >= 11 is 0. The average Bonchev–Trinajstić information content (AvgIpc) is 2.59. The quantitative estimate of drug-likeness (QED) is 0.769. The standard InChI is InChI=1S/C16H16F3N3O4/c1-22(14-7-20-13(6-21-14)15(24)25)8-11(23)9-26-12-4-2-10(3-5-12)16(17,18)19/h2-7,11,23H,8-9H2,1H3,(H,24,25). The molecule has 0 aliphatic heterocycles. The molecule has 0 spiro atoms. The minimum absolute atomic E-state index is 0.0989. The highest BCUT2D eigenvalue weighted by molar-refractivity contribution is 5.84. The van der Waals surface area contributed by atoms with Gasteiger partial charge in [0.25, 0.3) is 0 Å². The molecule has 0 saturated heterocycles. The van der Waals surface area contributed by atoms with Crippen LogP contribution in [0.25, 0.3) is 0 Å². The number of aliphatic hydroxyl groups excluding tert-OH is 1. The maximum absolute atomic E-state index is 12.5. The summed E-state index contributed by atoms with van der Waals surface area (Å²) in [5.41, 5.74) is -0.984. The van der Waals surface area contributed by atoms with Gasteiger partial charge in [-0.05, 0) is 24.3 Å². The van der Waals surface area contributed by atoms with Crippen molar-refractivity contribution in [3.05, 3.63) is 47.9 Å². The van der Waals surface area contributed by atoms with E-state index < -0.39 is 23.8 Å². The normalized spacial score (nSPS) is 12.5. The Bertz CT molecular complexity index is 736. The molecule has 0 saturated carbocycles. The summed E-state index contributed by atoms with van der Waals surface area (Å²) in [5.74, 6) is -0.648. The molecule has 1 aromatic heterocycles. The average molecular weight is 371 g/mol. The number of benzene rings is 1. The van der Waals surface area contributed by atoms with Crippen molar-refractivity contribution in [2.45, 2.75) is 12.3 Å². The van der Waals surface area contributed by atoms with E-state index in [1.807, 2.05) is 0 Å². The van der Waals surface area contributed by atoms with Crippen LogP contribution in [0.4, 0.5) is 19.0 Å². The third-order valence-electron chi connectivity index (χ3n) is 3.36. The van der Waals surface area contributed by atoms with Gasteiger partial charge in [0, 0.05) is 13.6 Å². The van der Waals surface area contributed by atoms with Crippen LogP contribution in [0.2, 0.25) is 0 Å². The maximum Gasteiger partial charge on any atom is 0.416 e. The first-order valence-electron chi connectivity index (χ1n) is 7.41.